The lowest BCUT2D eigenvalue weighted by molar-refractivity contribution is -0.107. The Morgan fingerprint density at radius 2 is 2.05 bits per heavy atom. The van der Waals surface area contributed by atoms with E-state index in [9.17, 15) is 4.79 Å². The quantitative estimate of drug-likeness (QED) is 0.561. The van der Waals surface area contributed by atoms with Crippen molar-refractivity contribution in [3.63, 3.8) is 0 Å². The van der Waals surface area contributed by atoms with Gasteiger partial charge in [0.2, 0.25) is 5.12 Å². The molecule has 0 fully saturated rings. The standard InChI is InChI=1S/C17H24O2S2/c1-4-5-16(12-20)21-17(18)13(2)6-7-14-8-10-15(19-3)11-9-14/h6,8-11,16,20H,4-5,7,12H2,1-3H3/b13-6+. The number of benzene rings is 1. The highest BCUT2D eigenvalue weighted by Gasteiger charge is 2.13. The Balaban J connectivity index is 2.55. The highest BCUT2D eigenvalue weighted by molar-refractivity contribution is 8.15. The summed E-state index contributed by atoms with van der Waals surface area (Å²) < 4.78 is 5.13. The Kier molecular flexibility index (Phi) is 8.62. The number of carbonyl (C=O) groups excluding carboxylic acids is 1. The van der Waals surface area contributed by atoms with Crippen molar-refractivity contribution < 1.29 is 9.53 Å². The van der Waals surface area contributed by atoms with E-state index in [1.807, 2.05) is 37.3 Å². The summed E-state index contributed by atoms with van der Waals surface area (Å²) in [6.45, 7) is 4.02. The molecular weight excluding hydrogens is 300 g/mol. The van der Waals surface area contributed by atoms with Gasteiger partial charge in [-0.25, -0.2) is 0 Å². The molecule has 1 atom stereocenters. The van der Waals surface area contributed by atoms with Crippen LogP contribution in [0.5, 0.6) is 5.75 Å². The molecule has 2 nitrogen and oxygen atoms in total. The lowest BCUT2D eigenvalue weighted by Gasteiger charge is -2.11. The van der Waals surface area contributed by atoms with Crippen molar-refractivity contribution in [2.75, 3.05) is 12.9 Å². The number of carbonyl (C=O) groups is 1. The highest BCUT2D eigenvalue weighted by atomic mass is 32.2. The first-order valence-electron chi connectivity index (χ1n) is 7.22. The number of rotatable bonds is 8. The molecule has 0 aliphatic heterocycles. The average molecular weight is 325 g/mol. The third-order valence-corrected chi connectivity index (χ3v) is 5.17. The number of ether oxygens (including phenoxy) is 1. The Morgan fingerprint density at radius 1 is 1.38 bits per heavy atom. The highest BCUT2D eigenvalue weighted by Crippen LogP contribution is 2.22. The molecule has 21 heavy (non-hydrogen) atoms. The molecule has 0 spiro atoms. The number of thiol groups is 1. The third-order valence-electron chi connectivity index (χ3n) is 3.21. The smallest absolute Gasteiger partial charge is 0.215 e. The zero-order chi connectivity index (χ0) is 15.7. The van der Waals surface area contributed by atoms with Gasteiger partial charge in [-0.3, -0.25) is 4.79 Å². The molecule has 0 N–H and O–H groups in total. The van der Waals surface area contributed by atoms with E-state index in [0.717, 1.165) is 36.3 Å². The second-order valence-electron chi connectivity index (χ2n) is 4.94. The van der Waals surface area contributed by atoms with Gasteiger partial charge >= 0.3 is 0 Å². The van der Waals surface area contributed by atoms with E-state index in [0.29, 0.717) is 5.25 Å². The van der Waals surface area contributed by atoms with Gasteiger partial charge in [0.25, 0.3) is 0 Å². The second kappa shape index (κ2) is 9.96. The molecule has 116 valence electrons. The number of thioether (sulfide) groups is 1. The number of methoxy groups -OCH3 is 1. The van der Waals surface area contributed by atoms with Crippen molar-refractivity contribution in [3.8, 4) is 5.75 Å². The fourth-order valence-electron chi connectivity index (χ4n) is 1.87. The molecule has 0 aliphatic carbocycles. The van der Waals surface area contributed by atoms with Crippen LogP contribution in [0, 0.1) is 0 Å². The summed E-state index contributed by atoms with van der Waals surface area (Å²) in [5, 5.41) is 0.478. The normalized spacial score (nSPS) is 13.0. The van der Waals surface area contributed by atoms with Gasteiger partial charge < -0.3 is 4.74 Å². The molecule has 1 rings (SSSR count). The van der Waals surface area contributed by atoms with Crippen LogP contribution < -0.4 is 4.74 Å². The van der Waals surface area contributed by atoms with Crippen LogP contribution in [0.15, 0.2) is 35.9 Å². The van der Waals surface area contributed by atoms with E-state index < -0.39 is 0 Å². The van der Waals surface area contributed by atoms with E-state index in [4.69, 9.17) is 4.74 Å². The summed E-state index contributed by atoms with van der Waals surface area (Å²) in [6.07, 6.45) is 4.88. The van der Waals surface area contributed by atoms with Crippen LogP contribution in [0.4, 0.5) is 0 Å². The molecule has 1 unspecified atom stereocenters. The molecule has 1 aromatic rings. The van der Waals surface area contributed by atoms with Gasteiger partial charge in [0.15, 0.2) is 0 Å². The van der Waals surface area contributed by atoms with Crippen molar-refractivity contribution in [3.05, 3.63) is 41.5 Å². The van der Waals surface area contributed by atoms with Gasteiger partial charge in [-0.1, -0.05) is 43.3 Å². The van der Waals surface area contributed by atoms with Crippen molar-refractivity contribution in [1.82, 2.24) is 0 Å². The van der Waals surface area contributed by atoms with Gasteiger partial charge in [0.05, 0.1) is 7.11 Å². The van der Waals surface area contributed by atoms with Crippen LogP contribution in [-0.2, 0) is 11.2 Å². The molecule has 0 bridgehead atoms. The first-order chi connectivity index (χ1) is 10.1. The van der Waals surface area contributed by atoms with Gasteiger partial charge in [-0.15, -0.1) is 0 Å². The van der Waals surface area contributed by atoms with Gasteiger partial charge in [0, 0.05) is 11.0 Å². The minimum Gasteiger partial charge on any atom is -0.497 e. The van der Waals surface area contributed by atoms with E-state index in [2.05, 4.69) is 19.6 Å². The van der Waals surface area contributed by atoms with Crippen LogP contribution >= 0.6 is 24.4 Å². The Hall–Kier alpha value is -0.870. The minimum absolute atomic E-state index is 0.163. The first-order valence-corrected chi connectivity index (χ1v) is 8.73. The van der Waals surface area contributed by atoms with E-state index in [1.54, 1.807) is 7.11 Å². The summed E-state index contributed by atoms with van der Waals surface area (Å²) >= 11 is 5.73. The maximum Gasteiger partial charge on any atom is 0.215 e. The molecule has 0 aliphatic rings. The topological polar surface area (TPSA) is 26.3 Å². The van der Waals surface area contributed by atoms with Crippen LogP contribution in [0.25, 0.3) is 0 Å². The average Bonchev–Trinajstić information content (AvgIpc) is 2.52. The number of hydrogen-bond donors (Lipinski definition) is 1. The molecule has 0 radical (unpaired) electrons. The van der Waals surface area contributed by atoms with E-state index in [-0.39, 0.29) is 5.12 Å². The Bertz CT molecular complexity index is 466. The number of allylic oxidation sites excluding steroid dienone is 1. The van der Waals surface area contributed by atoms with E-state index in [1.165, 1.54) is 17.3 Å². The lowest BCUT2D eigenvalue weighted by Crippen LogP contribution is -2.09. The predicted molar refractivity (Wildman–Crippen MR) is 95.6 cm³/mol. The maximum absolute atomic E-state index is 12.1. The summed E-state index contributed by atoms with van der Waals surface area (Å²) in [6, 6.07) is 7.92. The first kappa shape index (κ1) is 18.2. The zero-order valence-corrected chi connectivity index (χ0v) is 14.7. The molecule has 1 aromatic carbocycles. The summed E-state index contributed by atoms with van der Waals surface area (Å²) in [5.41, 5.74) is 1.99. The van der Waals surface area contributed by atoms with Crippen molar-refractivity contribution in [1.29, 1.82) is 0 Å². The van der Waals surface area contributed by atoms with Gasteiger partial charge in [-0.05, 0) is 43.0 Å². The molecule has 0 saturated heterocycles. The molecule has 0 heterocycles. The molecular formula is C17H24O2S2. The fraction of sp³-hybridized carbons (Fsp3) is 0.471. The summed E-state index contributed by atoms with van der Waals surface area (Å²) in [5.74, 6) is 1.60. The summed E-state index contributed by atoms with van der Waals surface area (Å²) in [4.78, 5) is 12.1. The molecule has 4 heteroatoms. The minimum atomic E-state index is 0.163. The van der Waals surface area contributed by atoms with Crippen LogP contribution in [0.1, 0.15) is 32.3 Å². The third kappa shape index (κ3) is 6.62. The van der Waals surface area contributed by atoms with Crippen molar-refractivity contribution >= 4 is 29.5 Å². The SMILES string of the molecule is CCCC(CS)SC(=O)/C(C)=C/Cc1ccc(OC)cc1. The molecule has 0 saturated carbocycles. The monoisotopic (exact) mass is 324 g/mol. The van der Waals surface area contributed by atoms with E-state index >= 15 is 0 Å². The molecule has 0 aromatic heterocycles. The number of hydrogen-bond acceptors (Lipinski definition) is 4. The van der Waals surface area contributed by atoms with Crippen molar-refractivity contribution in [2.45, 2.75) is 38.4 Å². The summed E-state index contributed by atoms with van der Waals surface area (Å²) in [7, 11) is 1.66. The van der Waals surface area contributed by atoms with Crippen molar-refractivity contribution in [2.24, 2.45) is 0 Å². The maximum atomic E-state index is 12.1. The second-order valence-corrected chi connectivity index (χ2v) is 6.58. The molecule has 0 amide bonds. The zero-order valence-electron chi connectivity index (χ0n) is 13.0. The van der Waals surface area contributed by atoms with Crippen LogP contribution in [-0.4, -0.2) is 23.2 Å². The predicted octanol–water partition coefficient (Wildman–Crippen LogP) is 4.54. The van der Waals surface area contributed by atoms with Crippen LogP contribution in [0.2, 0.25) is 0 Å². The largest absolute Gasteiger partial charge is 0.497 e. The van der Waals surface area contributed by atoms with Crippen LogP contribution in [0.3, 0.4) is 0 Å². The van der Waals surface area contributed by atoms with Gasteiger partial charge in [-0.2, -0.15) is 12.6 Å². The lowest BCUT2D eigenvalue weighted by atomic mass is 10.1. The fourth-order valence-corrected chi connectivity index (χ4v) is 3.28. The van der Waals surface area contributed by atoms with Gasteiger partial charge in [0.1, 0.15) is 5.75 Å². The Morgan fingerprint density at radius 3 is 2.57 bits per heavy atom. The Labute approximate surface area is 137 Å².